The van der Waals surface area contributed by atoms with Crippen molar-refractivity contribution in [2.45, 2.75) is 12.3 Å². The largest absolute Gasteiger partial charge is 0.504 e. The highest BCUT2D eigenvalue weighted by molar-refractivity contribution is 5.88. The maximum absolute atomic E-state index is 11.6. The van der Waals surface area contributed by atoms with E-state index in [4.69, 9.17) is 9.47 Å². The molecule has 0 fully saturated rings. The first-order chi connectivity index (χ1) is 7.77. The van der Waals surface area contributed by atoms with E-state index in [1.807, 2.05) is 24.3 Å². The molecule has 0 aromatic heterocycles. The number of hydrogen-bond acceptors (Lipinski definition) is 3. The fourth-order valence-corrected chi connectivity index (χ4v) is 2.14. The second-order valence-corrected chi connectivity index (χ2v) is 3.75. The lowest BCUT2D eigenvalue weighted by atomic mass is 10.0. The molecular weight excluding hydrogens is 204 g/mol. The summed E-state index contributed by atoms with van der Waals surface area (Å²) < 4.78 is 9.84. The highest BCUT2D eigenvalue weighted by atomic mass is 16.5. The summed E-state index contributed by atoms with van der Waals surface area (Å²) in [5, 5.41) is 0. The van der Waals surface area contributed by atoms with Gasteiger partial charge in [0.1, 0.15) is 0 Å². The molecule has 1 aromatic carbocycles. The standard InChI is InChI=1S/C13H14O3/c1-15-8-9-7-12(13(14)16-2)11-6-4-3-5-10(9)11/h3-6,8,12H,7H2,1-2H3. The van der Waals surface area contributed by atoms with Gasteiger partial charge in [-0.15, -0.1) is 0 Å². The van der Waals surface area contributed by atoms with Gasteiger partial charge in [-0.05, 0) is 23.1 Å². The first-order valence-corrected chi connectivity index (χ1v) is 5.17. The number of allylic oxidation sites excluding steroid dienone is 1. The Labute approximate surface area is 94.7 Å². The Morgan fingerprint density at radius 1 is 1.38 bits per heavy atom. The highest BCUT2D eigenvalue weighted by Crippen LogP contribution is 2.41. The van der Waals surface area contributed by atoms with E-state index in [1.54, 1.807) is 13.4 Å². The minimum Gasteiger partial charge on any atom is -0.504 e. The molecule has 0 bridgehead atoms. The van der Waals surface area contributed by atoms with Crippen molar-refractivity contribution in [1.29, 1.82) is 0 Å². The van der Waals surface area contributed by atoms with Crippen LogP contribution in [0.5, 0.6) is 0 Å². The van der Waals surface area contributed by atoms with Gasteiger partial charge in [0.15, 0.2) is 0 Å². The van der Waals surface area contributed by atoms with Crippen molar-refractivity contribution in [2.75, 3.05) is 14.2 Å². The van der Waals surface area contributed by atoms with E-state index >= 15 is 0 Å². The highest BCUT2D eigenvalue weighted by Gasteiger charge is 2.32. The molecule has 1 atom stereocenters. The smallest absolute Gasteiger partial charge is 0.313 e. The van der Waals surface area contributed by atoms with E-state index in [0.717, 1.165) is 16.7 Å². The van der Waals surface area contributed by atoms with Crippen LogP contribution in [0.1, 0.15) is 23.5 Å². The molecule has 1 aliphatic carbocycles. The summed E-state index contributed by atoms with van der Waals surface area (Å²) in [5.74, 6) is -0.380. The van der Waals surface area contributed by atoms with Crippen molar-refractivity contribution >= 4 is 11.5 Å². The van der Waals surface area contributed by atoms with Crippen LogP contribution in [-0.4, -0.2) is 20.2 Å². The number of esters is 1. The predicted octanol–water partition coefficient (Wildman–Crippen LogP) is 2.33. The monoisotopic (exact) mass is 218 g/mol. The van der Waals surface area contributed by atoms with Gasteiger partial charge in [-0.2, -0.15) is 0 Å². The molecule has 1 aliphatic rings. The maximum Gasteiger partial charge on any atom is 0.313 e. The zero-order valence-corrected chi connectivity index (χ0v) is 9.40. The average Bonchev–Trinajstić information content (AvgIpc) is 2.68. The van der Waals surface area contributed by atoms with E-state index in [-0.39, 0.29) is 11.9 Å². The average molecular weight is 218 g/mol. The van der Waals surface area contributed by atoms with Gasteiger partial charge in [-0.25, -0.2) is 0 Å². The van der Waals surface area contributed by atoms with Crippen molar-refractivity contribution in [3.63, 3.8) is 0 Å². The second kappa shape index (κ2) is 4.39. The fraction of sp³-hybridized carbons (Fsp3) is 0.308. The lowest BCUT2D eigenvalue weighted by Crippen LogP contribution is -2.10. The van der Waals surface area contributed by atoms with Gasteiger partial charge in [0, 0.05) is 0 Å². The van der Waals surface area contributed by atoms with Crippen LogP contribution in [-0.2, 0) is 14.3 Å². The minimum absolute atomic E-state index is 0.188. The van der Waals surface area contributed by atoms with Gasteiger partial charge in [0.2, 0.25) is 0 Å². The number of carbonyl (C=O) groups excluding carboxylic acids is 1. The summed E-state index contributed by atoms with van der Waals surface area (Å²) in [6.07, 6.45) is 2.35. The Balaban J connectivity index is 2.43. The summed E-state index contributed by atoms with van der Waals surface area (Å²) >= 11 is 0. The number of ether oxygens (including phenoxy) is 2. The van der Waals surface area contributed by atoms with Crippen LogP contribution in [0, 0.1) is 0 Å². The number of carbonyl (C=O) groups is 1. The third-order valence-corrected chi connectivity index (χ3v) is 2.85. The number of benzene rings is 1. The zero-order chi connectivity index (χ0) is 11.5. The van der Waals surface area contributed by atoms with E-state index < -0.39 is 0 Å². The molecule has 0 heterocycles. The van der Waals surface area contributed by atoms with Crippen LogP contribution in [0.15, 0.2) is 30.5 Å². The lowest BCUT2D eigenvalue weighted by molar-refractivity contribution is -0.142. The molecule has 0 N–H and O–H groups in total. The molecule has 1 unspecified atom stereocenters. The SMILES string of the molecule is COC=C1CC(C(=O)OC)c2ccccc21. The summed E-state index contributed by atoms with van der Waals surface area (Å²) in [7, 11) is 3.03. The molecule has 0 saturated heterocycles. The van der Waals surface area contributed by atoms with E-state index in [0.29, 0.717) is 6.42 Å². The van der Waals surface area contributed by atoms with Crippen molar-refractivity contribution in [1.82, 2.24) is 0 Å². The van der Waals surface area contributed by atoms with E-state index in [1.165, 1.54) is 7.11 Å². The molecule has 3 heteroatoms. The first kappa shape index (κ1) is 10.7. The van der Waals surface area contributed by atoms with Crippen LogP contribution < -0.4 is 0 Å². The van der Waals surface area contributed by atoms with Gasteiger partial charge in [0.25, 0.3) is 0 Å². The van der Waals surface area contributed by atoms with E-state index in [9.17, 15) is 4.79 Å². The number of rotatable bonds is 2. The first-order valence-electron chi connectivity index (χ1n) is 5.17. The maximum atomic E-state index is 11.6. The molecule has 0 saturated carbocycles. The molecular formula is C13H14O3. The third kappa shape index (κ3) is 1.69. The topological polar surface area (TPSA) is 35.5 Å². The van der Waals surface area contributed by atoms with Gasteiger partial charge >= 0.3 is 5.97 Å². The van der Waals surface area contributed by atoms with Crippen LogP contribution in [0.4, 0.5) is 0 Å². The van der Waals surface area contributed by atoms with Crippen molar-refractivity contribution < 1.29 is 14.3 Å². The fourth-order valence-electron chi connectivity index (χ4n) is 2.14. The van der Waals surface area contributed by atoms with Crippen molar-refractivity contribution in [3.8, 4) is 0 Å². The number of fused-ring (bicyclic) bond motifs is 1. The molecule has 0 aliphatic heterocycles. The minimum atomic E-state index is -0.192. The van der Waals surface area contributed by atoms with Gasteiger partial charge in [-0.1, -0.05) is 24.3 Å². The lowest BCUT2D eigenvalue weighted by Gasteiger charge is -2.07. The van der Waals surface area contributed by atoms with E-state index in [2.05, 4.69) is 0 Å². The third-order valence-electron chi connectivity index (χ3n) is 2.85. The van der Waals surface area contributed by atoms with Crippen molar-refractivity contribution in [3.05, 3.63) is 41.7 Å². The van der Waals surface area contributed by atoms with Crippen LogP contribution >= 0.6 is 0 Å². The predicted molar refractivity (Wildman–Crippen MR) is 60.8 cm³/mol. The summed E-state index contributed by atoms with van der Waals surface area (Å²) in [4.78, 5) is 11.6. The van der Waals surface area contributed by atoms with Crippen LogP contribution in [0.3, 0.4) is 0 Å². The Morgan fingerprint density at radius 2 is 2.12 bits per heavy atom. The zero-order valence-electron chi connectivity index (χ0n) is 9.40. The Morgan fingerprint density at radius 3 is 2.81 bits per heavy atom. The molecule has 84 valence electrons. The Bertz CT molecular complexity index is 435. The molecule has 0 spiro atoms. The molecule has 1 aromatic rings. The summed E-state index contributed by atoms with van der Waals surface area (Å²) in [5.41, 5.74) is 3.16. The van der Waals surface area contributed by atoms with Crippen LogP contribution in [0.25, 0.3) is 5.57 Å². The molecule has 3 nitrogen and oxygen atoms in total. The second-order valence-electron chi connectivity index (χ2n) is 3.75. The Kier molecular flexibility index (Phi) is 2.95. The molecule has 16 heavy (non-hydrogen) atoms. The molecule has 2 rings (SSSR count). The quantitative estimate of drug-likeness (QED) is 0.564. The summed E-state index contributed by atoms with van der Waals surface area (Å²) in [6, 6.07) is 7.86. The summed E-state index contributed by atoms with van der Waals surface area (Å²) in [6.45, 7) is 0. The van der Waals surface area contributed by atoms with Gasteiger partial charge < -0.3 is 9.47 Å². The molecule has 0 radical (unpaired) electrons. The number of hydrogen-bond donors (Lipinski definition) is 0. The Hall–Kier alpha value is -1.77. The number of methoxy groups -OCH3 is 2. The van der Waals surface area contributed by atoms with Crippen molar-refractivity contribution in [2.24, 2.45) is 0 Å². The van der Waals surface area contributed by atoms with Gasteiger partial charge in [0.05, 0.1) is 26.4 Å². The van der Waals surface area contributed by atoms with Crippen LogP contribution in [0.2, 0.25) is 0 Å². The normalized spacial score (nSPS) is 20.6. The molecule has 0 amide bonds. The van der Waals surface area contributed by atoms with Gasteiger partial charge in [-0.3, -0.25) is 4.79 Å².